The zero-order chi connectivity index (χ0) is 25.2. The molecule has 33 heavy (non-hydrogen) atoms. The highest BCUT2D eigenvalue weighted by molar-refractivity contribution is 7.09. The second-order valence-corrected chi connectivity index (χ2v) is 11.4. The van der Waals surface area contributed by atoms with E-state index >= 15 is 0 Å². The maximum Gasteiger partial charge on any atom is 0.303 e. The van der Waals surface area contributed by atoms with Crippen LogP contribution in [0.5, 0.6) is 0 Å². The van der Waals surface area contributed by atoms with E-state index in [1.54, 1.807) is 11.3 Å². The van der Waals surface area contributed by atoms with E-state index in [9.17, 15) is 9.59 Å². The number of carbonyl (C=O) groups excluding carboxylic acids is 2. The van der Waals surface area contributed by atoms with Crippen LogP contribution in [-0.4, -0.2) is 23.3 Å². The number of ether oxygens (including phenoxy) is 1. The number of hydrogen-bond donors (Lipinski definition) is 0. The van der Waals surface area contributed by atoms with E-state index in [4.69, 9.17) is 4.74 Å². The number of carbonyl (C=O) groups is 2. The summed E-state index contributed by atoms with van der Waals surface area (Å²) in [6.07, 6.45) is 11.2. The number of rotatable bonds is 14. The van der Waals surface area contributed by atoms with Gasteiger partial charge in [-0.1, -0.05) is 60.1 Å². The summed E-state index contributed by atoms with van der Waals surface area (Å²) in [5, 5.41) is 3.04. The fourth-order valence-electron chi connectivity index (χ4n) is 4.22. The maximum absolute atomic E-state index is 11.6. The Kier molecular flexibility index (Phi) is 12.3. The SMILES string of the molecule is CC(=O)O[C@@H](C/C=C\CCC[C@H](C)[C@H](C)[C@@H](C)[C@@H](C)C(C)(C)C=O)/C(C)=C/c1csc(C)n1. The quantitative estimate of drug-likeness (QED) is 0.120. The lowest BCUT2D eigenvalue weighted by atomic mass is 9.67. The first kappa shape index (κ1) is 29.3. The van der Waals surface area contributed by atoms with Gasteiger partial charge in [-0.3, -0.25) is 4.79 Å². The second-order valence-electron chi connectivity index (χ2n) is 10.3. The first-order valence-corrected chi connectivity index (χ1v) is 13.2. The third-order valence-corrected chi connectivity index (χ3v) is 8.16. The average molecular weight is 476 g/mol. The van der Waals surface area contributed by atoms with Crippen LogP contribution in [-0.2, 0) is 14.3 Å². The van der Waals surface area contributed by atoms with E-state index in [1.807, 2.05) is 39.2 Å². The van der Waals surface area contributed by atoms with Crippen molar-refractivity contribution < 1.29 is 14.3 Å². The van der Waals surface area contributed by atoms with Crippen molar-refractivity contribution >= 4 is 29.7 Å². The van der Waals surface area contributed by atoms with Gasteiger partial charge < -0.3 is 9.53 Å². The Morgan fingerprint density at radius 3 is 2.36 bits per heavy atom. The molecule has 0 aliphatic rings. The standard InChI is InChI=1S/C28H45NO3S/c1-19(21(3)22(4)23(5)28(8,9)18-30)14-12-10-11-13-15-27(32-25(7)31)20(2)16-26-17-33-24(6)29-26/h11,13,16-19,21-23,27H,10,12,14-15H2,1-9H3/b13-11-,20-16+/t19-,21-,22+,23+,27-/m0/s1. The summed E-state index contributed by atoms with van der Waals surface area (Å²) >= 11 is 1.62. The van der Waals surface area contributed by atoms with Crippen LogP contribution >= 0.6 is 11.3 Å². The molecule has 4 nitrogen and oxygen atoms in total. The molecule has 0 radical (unpaired) electrons. The Morgan fingerprint density at radius 2 is 1.82 bits per heavy atom. The van der Waals surface area contributed by atoms with E-state index < -0.39 is 0 Å². The lowest BCUT2D eigenvalue weighted by Crippen LogP contribution is -2.33. The fraction of sp³-hybridized carbons (Fsp3) is 0.679. The zero-order valence-electron chi connectivity index (χ0n) is 22.2. The molecule has 0 aromatic carbocycles. The summed E-state index contributed by atoms with van der Waals surface area (Å²) in [4.78, 5) is 27.5. The van der Waals surface area contributed by atoms with Crippen LogP contribution in [0.15, 0.2) is 23.1 Å². The molecule has 5 heteroatoms. The van der Waals surface area contributed by atoms with Crippen molar-refractivity contribution in [2.24, 2.45) is 29.1 Å². The Bertz CT molecular complexity index is 808. The van der Waals surface area contributed by atoms with Gasteiger partial charge in [-0.05, 0) is 62.0 Å². The Hall–Kier alpha value is -1.75. The van der Waals surface area contributed by atoms with Crippen LogP contribution in [0.25, 0.3) is 6.08 Å². The van der Waals surface area contributed by atoms with Crippen molar-refractivity contribution in [2.45, 2.75) is 94.1 Å². The minimum atomic E-state index is -0.278. The first-order valence-electron chi connectivity index (χ1n) is 12.3. The van der Waals surface area contributed by atoms with Crippen molar-refractivity contribution in [1.29, 1.82) is 0 Å². The number of aldehydes is 1. The average Bonchev–Trinajstić information content (AvgIpc) is 3.17. The van der Waals surface area contributed by atoms with Crippen LogP contribution in [0.4, 0.5) is 0 Å². The summed E-state index contributed by atoms with van der Waals surface area (Å²) < 4.78 is 5.55. The predicted molar refractivity (Wildman–Crippen MR) is 140 cm³/mol. The Balaban J connectivity index is 2.54. The molecule has 0 fully saturated rings. The molecule has 0 amide bonds. The monoisotopic (exact) mass is 475 g/mol. The van der Waals surface area contributed by atoms with Gasteiger partial charge >= 0.3 is 5.97 Å². The third kappa shape index (κ3) is 9.95. The van der Waals surface area contributed by atoms with Crippen molar-refractivity contribution in [1.82, 2.24) is 4.98 Å². The maximum atomic E-state index is 11.6. The van der Waals surface area contributed by atoms with Crippen LogP contribution in [0.2, 0.25) is 0 Å². The second kappa shape index (κ2) is 13.8. The van der Waals surface area contributed by atoms with Crippen LogP contribution in [0.3, 0.4) is 0 Å². The highest BCUT2D eigenvalue weighted by atomic mass is 32.1. The summed E-state index contributed by atoms with van der Waals surface area (Å²) in [5.41, 5.74) is 1.64. The van der Waals surface area contributed by atoms with E-state index in [2.05, 4.69) is 44.8 Å². The van der Waals surface area contributed by atoms with Crippen molar-refractivity contribution in [3.05, 3.63) is 33.8 Å². The molecule has 1 aromatic heterocycles. The lowest BCUT2D eigenvalue weighted by Gasteiger charge is -2.37. The number of hydrogen-bond acceptors (Lipinski definition) is 5. The summed E-state index contributed by atoms with van der Waals surface area (Å²) in [6, 6.07) is 0. The number of esters is 1. The molecule has 5 atom stereocenters. The molecule has 1 heterocycles. The minimum Gasteiger partial charge on any atom is -0.458 e. The minimum absolute atomic E-state index is 0.261. The molecule has 0 bridgehead atoms. The number of aryl methyl sites for hydroxylation is 1. The molecule has 0 unspecified atom stereocenters. The van der Waals surface area contributed by atoms with Gasteiger partial charge in [-0.2, -0.15) is 0 Å². The third-order valence-electron chi connectivity index (χ3n) is 7.37. The van der Waals surface area contributed by atoms with Gasteiger partial charge in [0, 0.05) is 24.1 Å². The fourth-order valence-corrected chi connectivity index (χ4v) is 4.79. The Labute approximate surface area is 205 Å². The first-order chi connectivity index (χ1) is 15.4. The van der Waals surface area contributed by atoms with E-state index in [0.29, 0.717) is 30.1 Å². The molecule has 0 spiro atoms. The van der Waals surface area contributed by atoms with Gasteiger partial charge in [-0.15, -0.1) is 11.3 Å². The number of thiazole rings is 1. The number of unbranched alkanes of at least 4 members (excludes halogenated alkanes) is 1. The highest BCUT2D eigenvalue weighted by Crippen LogP contribution is 2.37. The molecule has 0 aliphatic heterocycles. The van der Waals surface area contributed by atoms with Gasteiger partial charge in [0.05, 0.1) is 10.7 Å². The summed E-state index contributed by atoms with van der Waals surface area (Å²) in [7, 11) is 0. The number of aromatic nitrogens is 1. The summed E-state index contributed by atoms with van der Waals surface area (Å²) in [6.45, 7) is 18.7. The van der Waals surface area contributed by atoms with E-state index in [1.165, 1.54) is 13.3 Å². The van der Waals surface area contributed by atoms with Crippen LogP contribution in [0, 0.1) is 36.0 Å². The van der Waals surface area contributed by atoms with Crippen molar-refractivity contribution in [2.75, 3.05) is 0 Å². The number of nitrogens with zero attached hydrogens (tertiary/aromatic N) is 1. The normalized spacial score (nSPS) is 17.4. The van der Waals surface area contributed by atoms with Gasteiger partial charge in [-0.25, -0.2) is 4.98 Å². The van der Waals surface area contributed by atoms with Gasteiger partial charge in [0.15, 0.2) is 0 Å². The highest BCUT2D eigenvalue weighted by Gasteiger charge is 2.33. The molecule has 1 rings (SSSR count). The van der Waals surface area contributed by atoms with E-state index in [-0.39, 0.29) is 17.5 Å². The molecular weight excluding hydrogens is 430 g/mol. The summed E-state index contributed by atoms with van der Waals surface area (Å²) in [5.74, 6) is 1.77. The zero-order valence-corrected chi connectivity index (χ0v) is 23.0. The van der Waals surface area contributed by atoms with Crippen LogP contribution < -0.4 is 0 Å². The Morgan fingerprint density at radius 1 is 1.15 bits per heavy atom. The van der Waals surface area contributed by atoms with Gasteiger partial charge in [0.25, 0.3) is 0 Å². The molecule has 0 saturated carbocycles. The molecule has 0 saturated heterocycles. The predicted octanol–water partition coefficient (Wildman–Crippen LogP) is 7.67. The molecule has 0 N–H and O–H groups in total. The van der Waals surface area contributed by atoms with Crippen molar-refractivity contribution in [3.8, 4) is 0 Å². The molecule has 1 aromatic rings. The molecular formula is C28H45NO3S. The van der Waals surface area contributed by atoms with Crippen LogP contribution in [0.1, 0.15) is 91.8 Å². The topological polar surface area (TPSA) is 56.3 Å². The van der Waals surface area contributed by atoms with Gasteiger partial charge in [0.2, 0.25) is 0 Å². The van der Waals surface area contributed by atoms with Gasteiger partial charge in [0.1, 0.15) is 12.4 Å². The molecule has 0 aliphatic carbocycles. The van der Waals surface area contributed by atoms with Crippen molar-refractivity contribution in [3.63, 3.8) is 0 Å². The smallest absolute Gasteiger partial charge is 0.303 e. The molecule has 186 valence electrons. The lowest BCUT2D eigenvalue weighted by molar-refractivity contribution is -0.144. The largest absolute Gasteiger partial charge is 0.458 e. The van der Waals surface area contributed by atoms with E-state index in [0.717, 1.165) is 35.4 Å². The number of allylic oxidation sites excluding steroid dienone is 1.